The van der Waals surface area contributed by atoms with Crippen LogP contribution in [0.2, 0.25) is 0 Å². The van der Waals surface area contributed by atoms with Crippen LogP contribution < -0.4 is 10.0 Å². The zero-order valence-corrected chi connectivity index (χ0v) is 20.5. The van der Waals surface area contributed by atoms with Gasteiger partial charge in [0.05, 0.1) is 23.1 Å². The number of hydrogen-bond donors (Lipinski definition) is 3. The lowest BCUT2D eigenvalue weighted by molar-refractivity contribution is -0.137. The molecule has 3 N–H and O–H groups in total. The topological polar surface area (TPSA) is 95.5 Å². The van der Waals surface area contributed by atoms with Crippen LogP contribution in [0.3, 0.4) is 0 Å². The van der Waals surface area contributed by atoms with Crippen LogP contribution in [-0.2, 0) is 21.0 Å². The van der Waals surface area contributed by atoms with Gasteiger partial charge in [-0.1, -0.05) is 44.2 Å². The highest BCUT2D eigenvalue weighted by molar-refractivity contribution is 7.89. The maximum atomic E-state index is 13.0. The second kappa shape index (κ2) is 10.7. The molecule has 192 valence electrons. The van der Waals surface area contributed by atoms with Crippen LogP contribution >= 0.6 is 0 Å². The minimum atomic E-state index is -4.54. The molecule has 10 heteroatoms. The van der Waals surface area contributed by atoms with E-state index in [2.05, 4.69) is 10.0 Å². The number of aliphatic hydroxyl groups excluding tert-OH is 1. The summed E-state index contributed by atoms with van der Waals surface area (Å²) in [6, 6.07) is 12.0. The first kappa shape index (κ1) is 27.2. The van der Waals surface area contributed by atoms with E-state index in [0.29, 0.717) is 25.7 Å². The normalized spacial score (nSPS) is 20.3. The third-order valence-electron chi connectivity index (χ3n) is 6.52. The third-order valence-corrected chi connectivity index (χ3v) is 8.06. The molecular weight excluding hydrogens is 481 g/mol. The molecule has 1 fully saturated rings. The number of carbonyl (C=O) groups is 1. The Hall–Kier alpha value is -2.43. The largest absolute Gasteiger partial charge is 0.416 e. The minimum absolute atomic E-state index is 0.120. The smallest absolute Gasteiger partial charge is 0.396 e. The van der Waals surface area contributed by atoms with Crippen LogP contribution in [0.5, 0.6) is 0 Å². The first-order valence-electron chi connectivity index (χ1n) is 11.5. The van der Waals surface area contributed by atoms with Gasteiger partial charge >= 0.3 is 6.18 Å². The molecule has 0 aliphatic heterocycles. The molecule has 6 nitrogen and oxygen atoms in total. The molecule has 3 rings (SSSR count). The van der Waals surface area contributed by atoms with Crippen molar-refractivity contribution in [3.63, 3.8) is 0 Å². The highest BCUT2D eigenvalue weighted by Crippen LogP contribution is 2.35. The summed E-state index contributed by atoms with van der Waals surface area (Å²) in [5.41, 5.74) is -0.620. The molecular formula is C25H31F3N2O4S. The quantitative estimate of drug-likeness (QED) is 0.488. The van der Waals surface area contributed by atoms with Gasteiger partial charge in [0, 0.05) is 17.4 Å². The van der Waals surface area contributed by atoms with Gasteiger partial charge in [0.15, 0.2) is 0 Å². The van der Waals surface area contributed by atoms with Crippen LogP contribution in [0.15, 0.2) is 59.5 Å². The lowest BCUT2D eigenvalue weighted by Crippen LogP contribution is -2.45. The Balaban J connectivity index is 1.60. The number of hydrogen-bond acceptors (Lipinski definition) is 4. The zero-order chi connectivity index (χ0) is 25.9. The maximum Gasteiger partial charge on any atom is 0.416 e. The Morgan fingerprint density at radius 1 is 1.00 bits per heavy atom. The molecule has 35 heavy (non-hydrogen) atoms. The van der Waals surface area contributed by atoms with Crippen molar-refractivity contribution < 1.29 is 31.5 Å². The van der Waals surface area contributed by atoms with Gasteiger partial charge in [-0.3, -0.25) is 4.79 Å². The zero-order valence-electron chi connectivity index (χ0n) is 19.7. The predicted octanol–water partition coefficient (Wildman–Crippen LogP) is 4.42. The van der Waals surface area contributed by atoms with Crippen LogP contribution in [-0.4, -0.2) is 32.1 Å². The van der Waals surface area contributed by atoms with E-state index in [0.717, 1.165) is 29.8 Å². The van der Waals surface area contributed by atoms with E-state index in [1.807, 2.05) is 44.2 Å². The van der Waals surface area contributed by atoms with Crippen molar-refractivity contribution >= 4 is 15.9 Å². The first-order valence-corrected chi connectivity index (χ1v) is 13.0. The number of alkyl halides is 3. The summed E-state index contributed by atoms with van der Waals surface area (Å²) in [5, 5.41) is 12.9. The fourth-order valence-corrected chi connectivity index (χ4v) is 5.62. The molecule has 0 aromatic heterocycles. The highest BCUT2D eigenvalue weighted by atomic mass is 32.2. The number of carbonyl (C=O) groups excluding carboxylic acids is 1. The van der Waals surface area contributed by atoms with Gasteiger partial charge in [0.1, 0.15) is 0 Å². The second-order valence-electron chi connectivity index (χ2n) is 9.69. The summed E-state index contributed by atoms with van der Waals surface area (Å²) < 4.78 is 66.0. The molecule has 2 aromatic carbocycles. The SMILES string of the molecule is CC(C)(CO)[C@@H](NC(=O)C1CCC(NS(=O)(=O)c2ccc(C(F)(F)F)cc2)CC1)c1ccccc1. The Labute approximate surface area is 204 Å². The van der Waals surface area contributed by atoms with E-state index in [4.69, 9.17) is 0 Å². The van der Waals surface area contributed by atoms with Crippen molar-refractivity contribution in [3.8, 4) is 0 Å². The van der Waals surface area contributed by atoms with Crippen LogP contribution in [0, 0.1) is 11.3 Å². The molecule has 1 amide bonds. The number of aliphatic hydroxyl groups is 1. The average molecular weight is 513 g/mol. The van der Waals surface area contributed by atoms with E-state index in [9.17, 15) is 31.5 Å². The third kappa shape index (κ3) is 6.83. The lowest BCUT2D eigenvalue weighted by Gasteiger charge is -2.36. The Morgan fingerprint density at radius 3 is 2.09 bits per heavy atom. The van der Waals surface area contributed by atoms with E-state index >= 15 is 0 Å². The molecule has 2 aromatic rings. The molecule has 1 atom stereocenters. The predicted molar refractivity (Wildman–Crippen MR) is 126 cm³/mol. The van der Waals surface area contributed by atoms with E-state index in [1.54, 1.807) is 0 Å². The van der Waals surface area contributed by atoms with Crippen molar-refractivity contribution in [2.75, 3.05) is 6.61 Å². The number of nitrogens with one attached hydrogen (secondary N) is 2. The maximum absolute atomic E-state index is 13.0. The van der Waals surface area contributed by atoms with Gasteiger partial charge in [0.2, 0.25) is 15.9 Å². The van der Waals surface area contributed by atoms with Crippen molar-refractivity contribution in [2.24, 2.45) is 11.3 Å². The molecule has 1 aliphatic rings. The molecule has 0 unspecified atom stereocenters. The van der Waals surface area contributed by atoms with Crippen molar-refractivity contribution in [3.05, 3.63) is 65.7 Å². The summed E-state index contributed by atoms with van der Waals surface area (Å²) in [4.78, 5) is 12.8. The molecule has 0 bridgehead atoms. The average Bonchev–Trinajstić information content (AvgIpc) is 2.82. The van der Waals surface area contributed by atoms with Gasteiger partial charge in [-0.15, -0.1) is 0 Å². The summed E-state index contributed by atoms with van der Waals surface area (Å²) in [5.74, 6) is -0.452. The molecule has 1 aliphatic carbocycles. The van der Waals surface area contributed by atoms with Crippen LogP contribution in [0.4, 0.5) is 13.2 Å². The van der Waals surface area contributed by atoms with Crippen LogP contribution in [0.1, 0.15) is 56.7 Å². The Kier molecular flexibility index (Phi) is 8.28. The summed E-state index contributed by atoms with van der Waals surface area (Å²) in [6.07, 6.45) is -2.75. The molecule has 0 heterocycles. The number of sulfonamides is 1. The van der Waals surface area contributed by atoms with Gasteiger partial charge in [-0.05, 0) is 55.5 Å². The van der Waals surface area contributed by atoms with E-state index < -0.39 is 39.3 Å². The number of halogens is 3. The minimum Gasteiger partial charge on any atom is -0.396 e. The fourth-order valence-electron chi connectivity index (χ4n) is 4.31. The Morgan fingerprint density at radius 2 is 1.57 bits per heavy atom. The van der Waals surface area contributed by atoms with Gasteiger partial charge in [-0.25, -0.2) is 13.1 Å². The summed E-state index contributed by atoms with van der Waals surface area (Å²) in [7, 11) is -3.98. The van der Waals surface area contributed by atoms with Gasteiger partial charge < -0.3 is 10.4 Å². The molecule has 0 saturated heterocycles. The van der Waals surface area contributed by atoms with Crippen molar-refractivity contribution in [1.29, 1.82) is 0 Å². The molecule has 1 saturated carbocycles. The first-order chi connectivity index (χ1) is 16.3. The number of benzene rings is 2. The molecule has 0 spiro atoms. The number of amides is 1. The van der Waals surface area contributed by atoms with Crippen molar-refractivity contribution in [1.82, 2.24) is 10.0 Å². The standard InChI is InChI=1S/C25H31F3N2O4S/c1-24(2,16-31)22(17-6-4-3-5-7-17)29-23(32)18-8-12-20(13-9-18)30-35(33,34)21-14-10-19(11-15-21)25(26,27)28/h3-7,10-11,14-15,18,20,22,30-31H,8-9,12-13,16H2,1-2H3,(H,29,32)/t18?,20?,22-/m0/s1. The second-order valence-corrected chi connectivity index (χ2v) is 11.4. The van der Waals surface area contributed by atoms with Gasteiger partial charge in [-0.2, -0.15) is 13.2 Å². The summed E-state index contributed by atoms with van der Waals surface area (Å²) in [6.45, 7) is 3.63. The van der Waals surface area contributed by atoms with Crippen LogP contribution in [0.25, 0.3) is 0 Å². The monoisotopic (exact) mass is 512 g/mol. The van der Waals surface area contributed by atoms with E-state index in [1.165, 1.54) is 0 Å². The lowest BCUT2D eigenvalue weighted by atomic mass is 9.80. The van der Waals surface area contributed by atoms with E-state index in [-0.39, 0.29) is 23.3 Å². The van der Waals surface area contributed by atoms with Gasteiger partial charge in [0.25, 0.3) is 0 Å². The highest BCUT2D eigenvalue weighted by Gasteiger charge is 2.35. The fraction of sp³-hybridized carbons (Fsp3) is 0.480. The molecule has 0 radical (unpaired) electrons. The van der Waals surface area contributed by atoms with Crippen molar-refractivity contribution in [2.45, 2.75) is 62.7 Å². The summed E-state index contributed by atoms with van der Waals surface area (Å²) >= 11 is 0. The Bertz CT molecular complexity index is 1100. The number of rotatable bonds is 8.